The first-order valence-corrected chi connectivity index (χ1v) is 12.5. The number of nitrogens with zero attached hydrogens (tertiary/aromatic N) is 3. The van der Waals surface area contributed by atoms with Crippen molar-refractivity contribution in [1.82, 2.24) is 14.7 Å². The fraction of sp³-hybridized carbons (Fsp3) is 0.500. The Bertz CT molecular complexity index is 991. The van der Waals surface area contributed by atoms with Crippen LogP contribution in [0.3, 0.4) is 0 Å². The maximum Gasteiger partial charge on any atom is 0.254 e. The Labute approximate surface area is 197 Å². The molecule has 0 N–H and O–H groups in total. The van der Waals surface area contributed by atoms with Crippen molar-refractivity contribution in [2.45, 2.75) is 51.1 Å². The summed E-state index contributed by atoms with van der Waals surface area (Å²) >= 11 is 0. The fourth-order valence-corrected chi connectivity index (χ4v) is 6.09. The van der Waals surface area contributed by atoms with Gasteiger partial charge in [0.2, 0.25) is 5.91 Å². The second-order valence-corrected chi connectivity index (χ2v) is 10.2. The lowest BCUT2D eigenvalue weighted by Gasteiger charge is -2.38. The smallest absolute Gasteiger partial charge is 0.254 e. The van der Waals surface area contributed by atoms with Gasteiger partial charge in [-0.15, -0.1) is 0 Å². The van der Waals surface area contributed by atoms with Crippen molar-refractivity contribution in [1.29, 1.82) is 0 Å². The zero-order valence-electron chi connectivity index (χ0n) is 19.7. The Kier molecular flexibility index (Phi) is 6.24. The van der Waals surface area contributed by atoms with E-state index in [0.717, 1.165) is 56.4 Å². The normalized spacial score (nSPS) is 22.9. The minimum absolute atomic E-state index is 0.124. The number of amides is 2. The van der Waals surface area contributed by atoms with Gasteiger partial charge >= 0.3 is 0 Å². The van der Waals surface area contributed by atoms with Gasteiger partial charge in [-0.3, -0.25) is 14.5 Å². The Morgan fingerprint density at radius 2 is 1.61 bits per heavy atom. The molecule has 33 heavy (non-hydrogen) atoms. The molecule has 0 saturated carbocycles. The van der Waals surface area contributed by atoms with Gasteiger partial charge in [0.25, 0.3) is 5.91 Å². The van der Waals surface area contributed by atoms with Crippen molar-refractivity contribution in [3.8, 4) is 0 Å². The number of rotatable bonds is 5. The molecule has 0 bridgehead atoms. The molecule has 5 rings (SSSR count). The molecule has 5 nitrogen and oxygen atoms in total. The first kappa shape index (κ1) is 22.1. The molecular weight excluding hydrogens is 410 g/mol. The van der Waals surface area contributed by atoms with E-state index in [-0.39, 0.29) is 23.3 Å². The van der Waals surface area contributed by atoms with Gasteiger partial charge in [0.05, 0.1) is 5.41 Å². The van der Waals surface area contributed by atoms with E-state index in [1.807, 2.05) is 41.1 Å². The zero-order valence-corrected chi connectivity index (χ0v) is 19.7. The summed E-state index contributed by atoms with van der Waals surface area (Å²) in [7, 11) is 1.96. The van der Waals surface area contributed by atoms with Gasteiger partial charge in [0, 0.05) is 38.3 Å². The zero-order chi connectivity index (χ0) is 22.8. The third-order valence-electron chi connectivity index (χ3n) is 8.11. The molecule has 1 atom stereocenters. The van der Waals surface area contributed by atoms with Gasteiger partial charge in [0.15, 0.2) is 0 Å². The van der Waals surface area contributed by atoms with Gasteiger partial charge in [-0.1, -0.05) is 48.5 Å². The Balaban J connectivity index is 1.24. The minimum atomic E-state index is -0.306. The van der Waals surface area contributed by atoms with E-state index in [0.29, 0.717) is 13.1 Å². The van der Waals surface area contributed by atoms with Crippen LogP contribution in [-0.4, -0.2) is 65.8 Å². The lowest BCUT2D eigenvalue weighted by Crippen LogP contribution is -2.46. The van der Waals surface area contributed by atoms with Gasteiger partial charge in [-0.25, -0.2) is 0 Å². The molecule has 0 radical (unpaired) electrons. The predicted octanol–water partition coefficient (Wildman–Crippen LogP) is 3.98. The number of carbonyl (C=O) groups is 2. The van der Waals surface area contributed by atoms with Crippen LogP contribution in [0.25, 0.3) is 0 Å². The molecule has 3 heterocycles. The van der Waals surface area contributed by atoms with Crippen molar-refractivity contribution in [2.75, 3.05) is 33.2 Å². The molecular formula is C28H35N3O2. The molecule has 0 unspecified atom stereocenters. The van der Waals surface area contributed by atoms with Crippen molar-refractivity contribution < 1.29 is 9.59 Å². The summed E-state index contributed by atoms with van der Waals surface area (Å²) in [6, 6.07) is 18.8. The maximum atomic E-state index is 13.5. The van der Waals surface area contributed by atoms with Crippen molar-refractivity contribution >= 4 is 11.8 Å². The molecule has 2 amide bonds. The Hall–Kier alpha value is -2.66. The van der Waals surface area contributed by atoms with E-state index in [1.54, 1.807) is 0 Å². The second-order valence-electron chi connectivity index (χ2n) is 10.2. The number of likely N-dealkylation sites (N-methyl/N-ethyl adjacent to an activating group) is 1. The van der Waals surface area contributed by atoms with Crippen molar-refractivity contribution in [3.05, 3.63) is 71.3 Å². The van der Waals surface area contributed by atoms with Gasteiger partial charge in [-0.2, -0.15) is 0 Å². The van der Waals surface area contributed by atoms with E-state index in [4.69, 9.17) is 0 Å². The molecule has 2 aromatic carbocycles. The summed E-state index contributed by atoms with van der Waals surface area (Å²) in [5.74, 6) is 0.393. The first-order valence-electron chi connectivity index (χ1n) is 12.5. The van der Waals surface area contributed by atoms with Crippen LogP contribution in [0.15, 0.2) is 54.6 Å². The summed E-state index contributed by atoms with van der Waals surface area (Å²) in [6.45, 7) is 4.41. The van der Waals surface area contributed by atoms with Crippen LogP contribution in [0.2, 0.25) is 0 Å². The first-order chi connectivity index (χ1) is 16.1. The van der Waals surface area contributed by atoms with E-state index in [1.165, 1.54) is 18.4 Å². The number of likely N-dealkylation sites (tertiary alicyclic amines) is 3. The number of carbonyl (C=O) groups excluding carboxylic acids is 2. The standard InChI is InChI=1S/C28H35N3O2/c1-29-24(19-22-9-3-2-4-10-22)20-28(27(29)33)13-17-31(18-14-28)26(32)25-12-6-5-11-23(25)21-30-15-7-8-16-30/h2-6,9-12,24H,7-8,13-21H2,1H3/t24-/m0/s1. The largest absolute Gasteiger partial charge is 0.342 e. The highest BCUT2D eigenvalue weighted by Crippen LogP contribution is 2.45. The topological polar surface area (TPSA) is 43.9 Å². The molecule has 3 fully saturated rings. The van der Waals surface area contributed by atoms with Crippen LogP contribution in [0.5, 0.6) is 0 Å². The molecule has 0 aliphatic carbocycles. The van der Waals surface area contributed by atoms with Crippen LogP contribution >= 0.6 is 0 Å². The van der Waals surface area contributed by atoms with E-state index < -0.39 is 0 Å². The summed E-state index contributed by atoms with van der Waals surface area (Å²) in [5.41, 5.74) is 2.93. The summed E-state index contributed by atoms with van der Waals surface area (Å²) < 4.78 is 0. The fourth-order valence-electron chi connectivity index (χ4n) is 6.09. The van der Waals surface area contributed by atoms with Crippen molar-refractivity contribution in [3.63, 3.8) is 0 Å². The monoisotopic (exact) mass is 445 g/mol. The average molecular weight is 446 g/mol. The number of hydrogen-bond acceptors (Lipinski definition) is 3. The lowest BCUT2D eigenvalue weighted by atomic mass is 9.75. The second kappa shape index (κ2) is 9.30. The average Bonchev–Trinajstić information content (AvgIpc) is 3.43. The third kappa shape index (κ3) is 4.43. The molecule has 3 saturated heterocycles. The maximum absolute atomic E-state index is 13.5. The number of benzene rings is 2. The SMILES string of the molecule is CN1C(=O)C2(CCN(C(=O)c3ccccc3CN3CCCC3)CC2)C[C@@H]1Cc1ccccc1. The van der Waals surface area contributed by atoms with Gasteiger partial charge < -0.3 is 9.80 Å². The van der Waals surface area contributed by atoms with Crippen LogP contribution in [0.4, 0.5) is 0 Å². The number of piperidine rings is 1. The van der Waals surface area contributed by atoms with Gasteiger partial charge in [0.1, 0.15) is 0 Å². The Morgan fingerprint density at radius 1 is 0.939 bits per heavy atom. The van der Waals surface area contributed by atoms with Gasteiger partial charge in [-0.05, 0) is 68.8 Å². The molecule has 3 aliphatic heterocycles. The van der Waals surface area contributed by atoms with E-state index in [9.17, 15) is 9.59 Å². The molecule has 2 aromatic rings. The summed E-state index contributed by atoms with van der Waals surface area (Å²) in [4.78, 5) is 33.1. The van der Waals surface area contributed by atoms with Crippen LogP contribution in [0.1, 0.15) is 53.6 Å². The highest BCUT2D eigenvalue weighted by Gasteiger charge is 2.51. The van der Waals surface area contributed by atoms with Crippen LogP contribution in [-0.2, 0) is 17.8 Å². The lowest BCUT2D eigenvalue weighted by molar-refractivity contribution is -0.137. The molecule has 174 valence electrons. The minimum Gasteiger partial charge on any atom is -0.342 e. The van der Waals surface area contributed by atoms with E-state index in [2.05, 4.69) is 35.2 Å². The quantitative estimate of drug-likeness (QED) is 0.699. The highest BCUT2D eigenvalue weighted by atomic mass is 16.2. The predicted molar refractivity (Wildman–Crippen MR) is 130 cm³/mol. The molecule has 1 spiro atoms. The highest BCUT2D eigenvalue weighted by molar-refractivity contribution is 5.96. The van der Waals surface area contributed by atoms with E-state index >= 15 is 0 Å². The molecule has 0 aromatic heterocycles. The summed E-state index contributed by atoms with van der Waals surface area (Å²) in [5, 5.41) is 0. The van der Waals surface area contributed by atoms with Crippen molar-refractivity contribution in [2.24, 2.45) is 5.41 Å². The third-order valence-corrected chi connectivity index (χ3v) is 8.11. The Morgan fingerprint density at radius 3 is 2.33 bits per heavy atom. The molecule has 3 aliphatic rings. The van der Waals surface area contributed by atoms with Crippen LogP contribution in [0, 0.1) is 5.41 Å². The molecule has 5 heteroatoms. The summed E-state index contributed by atoms with van der Waals surface area (Å²) in [6.07, 6.45) is 5.82. The number of hydrogen-bond donors (Lipinski definition) is 0. The van der Waals surface area contributed by atoms with Crippen LogP contribution < -0.4 is 0 Å².